The van der Waals surface area contributed by atoms with Crippen LogP contribution in [-0.4, -0.2) is 14.5 Å². The second kappa shape index (κ2) is 9.21. The fourth-order valence-electron chi connectivity index (χ4n) is 3.96. The Bertz CT molecular complexity index is 945. The summed E-state index contributed by atoms with van der Waals surface area (Å²) < 4.78 is 29.9. The van der Waals surface area contributed by atoms with E-state index in [1.54, 1.807) is 24.3 Å². The van der Waals surface area contributed by atoms with E-state index in [9.17, 15) is 13.7 Å². The lowest BCUT2D eigenvalue weighted by atomic mass is 9.77. The SMILES string of the molecule is Cc1ccc(S(=O)(=O)N[C@@H](C2CCCCC2)[C@H](C#N)c2ccccc2Br)cc1. The molecule has 0 radical (unpaired) electrons. The van der Waals surface area contributed by atoms with Crippen LogP contribution in [-0.2, 0) is 10.0 Å². The van der Waals surface area contributed by atoms with Gasteiger partial charge in [0.15, 0.2) is 0 Å². The third kappa shape index (κ3) is 4.83. The fraction of sp³-hybridized carbons (Fsp3) is 0.409. The van der Waals surface area contributed by atoms with E-state index in [0.29, 0.717) is 0 Å². The number of halogens is 1. The minimum Gasteiger partial charge on any atom is -0.207 e. The number of nitrogens with zero attached hydrogens (tertiary/aromatic N) is 1. The van der Waals surface area contributed by atoms with Crippen LogP contribution in [0.3, 0.4) is 0 Å². The van der Waals surface area contributed by atoms with Gasteiger partial charge in [0.05, 0.1) is 16.9 Å². The molecule has 3 rings (SSSR count). The zero-order valence-electron chi connectivity index (χ0n) is 15.9. The van der Waals surface area contributed by atoms with Crippen molar-refractivity contribution in [2.45, 2.75) is 55.9 Å². The number of nitriles is 1. The van der Waals surface area contributed by atoms with Crippen LogP contribution in [0.1, 0.15) is 49.1 Å². The molecule has 1 saturated carbocycles. The molecule has 2 aromatic rings. The highest BCUT2D eigenvalue weighted by molar-refractivity contribution is 9.10. The monoisotopic (exact) mass is 460 g/mol. The molecule has 0 bridgehead atoms. The third-order valence-corrected chi connectivity index (χ3v) is 7.72. The Morgan fingerprint density at radius 3 is 2.32 bits per heavy atom. The molecular formula is C22H25BrN2O2S. The van der Waals surface area contributed by atoms with Crippen LogP contribution < -0.4 is 4.72 Å². The van der Waals surface area contributed by atoms with Gasteiger partial charge in [-0.3, -0.25) is 0 Å². The molecule has 0 saturated heterocycles. The average molecular weight is 461 g/mol. The van der Waals surface area contributed by atoms with Crippen LogP contribution in [0, 0.1) is 24.2 Å². The van der Waals surface area contributed by atoms with Crippen molar-refractivity contribution in [3.05, 3.63) is 64.1 Å². The Balaban J connectivity index is 1.98. The summed E-state index contributed by atoms with van der Waals surface area (Å²) in [6.45, 7) is 1.92. The van der Waals surface area contributed by atoms with Crippen molar-refractivity contribution in [3.63, 3.8) is 0 Å². The van der Waals surface area contributed by atoms with E-state index in [1.165, 1.54) is 6.42 Å². The number of rotatable bonds is 6. The Kier molecular flexibility index (Phi) is 6.92. The molecule has 28 heavy (non-hydrogen) atoms. The van der Waals surface area contributed by atoms with Crippen LogP contribution in [0.2, 0.25) is 0 Å². The van der Waals surface area contributed by atoms with E-state index in [1.807, 2.05) is 31.2 Å². The summed E-state index contributed by atoms with van der Waals surface area (Å²) in [5.74, 6) is -0.412. The van der Waals surface area contributed by atoms with Crippen molar-refractivity contribution >= 4 is 26.0 Å². The normalized spacial score (nSPS) is 17.6. The molecule has 1 N–H and O–H groups in total. The topological polar surface area (TPSA) is 70.0 Å². The van der Waals surface area contributed by atoms with Crippen LogP contribution >= 0.6 is 15.9 Å². The molecule has 0 spiro atoms. The summed E-state index contributed by atoms with van der Waals surface area (Å²) in [6, 6.07) is 16.3. The van der Waals surface area contributed by atoms with Crippen LogP contribution in [0.4, 0.5) is 0 Å². The van der Waals surface area contributed by atoms with E-state index >= 15 is 0 Å². The Labute approximate surface area is 176 Å². The first kappa shape index (κ1) is 21.0. The van der Waals surface area contributed by atoms with Gasteiger partial charge in [-0.1, -0.05) is 71.1 Å². The number of nitrogens with one attached hydrogen (secondary N) is 1. The lowest BCUT2D eigenvalue weighted by Crippen LogP contribution is -2.44. The molecule has 1 aliphatic rings. The molecule has 0 heterocycles. The molecule has 0 aliphatic heterocycles. The maximum Gasteiger partial charge on any atom is 0.240 e. The number of benzene rings is 2. The zero-order chi connectivity index (χ0) is 20.1. The van der Waals surface area contributed by atoms with Crippen molar-refractivity contribution in [1.82, 2.24) is 4.72 Å². The van der Waals surface area contributed by atoms with E-state index in [-0.39, 0.29) is 10.8 Å². The number of sulfonamides is 1. The summed E-state index contributed by atoms with van der Waals surface area (Å²) in [4.78, 5) is 0.239. The number of hydrogen-bond donors (Lipinski definition) is 1. The van der Waals surface area contributed by atoms with Crippen molar-refractivity contribution in [2.75, 3.05) is 0 Å². The zero-order valence-corrected chi connectivity index (χ0v) is 18.3. The van der Waals surface area contributed by atoms with Crippen molar-refractivity contribution in [2.24, 2.45) is 5.92 Å². The molecule has 2 aromatic carbocycles. The minimum absolute atomic E-state index is 0.144. The van der Waals surface area contributed by atoms with E-state index in [0.717, 1.165) is 41.3 Å². The highest BCUT2D eigenvalue weighted by Gasteiger charge is 2.36. The summed E-state index contributed by atoms with van der Waals surface area (Å²) >= 11 is 3.53. The Morgan fingerprint density at radius 1 is 1.07 bits per heavy atom. The van der Waals surface area contributed by atoms with E-state index < -0.39 is 22.0 Å². The van der Waals surface area contributed by atoms with Gasteiger partial charge in [-0.2, -0.15) is 5.26 Å². The predicted octanol–water partition coefficient (Wildman–Crippen LogP) is 5.29. The maximum absolute atomic E-state index is 13.1. The first-order chi connectivity index (χ1) is 13.4. The fourth-order valence-corrected chi connectivity index (χ4v) is 5.81. The van der Waals surface area contributed by atoms with Gasteiger partial charge in [-0.05, 0) is 49.4 Å². The van der Waals surface area contributed by atoms with Gasteiger partial charge in [-0.25, -0.2) is 13.1 Å². The first-order valence-electron chi connectivity index (χ1n) is 9.65. The van der Waals surface area contributed by atoms with Gasteiger partial charge in [0, 0.05) is 10.5 Å². The predicted molar refractivity (Wildman–Crippen MR) is 114 cm³/mol. The first-order valence-corrected chi connectivity index (χ1v) is 11.9. The second-order valence-corrected chi connectivity index (χ2v) is 10.1. The molecule has 0 aromatic heterocycles. The molecular weight excluding hydrogens is 436 g/mol. The largest absolute Gasteiger partial charge is 0.240 e. The number of aryl methyl sites for hydroxylation is 1. The highest BCUT2D eigenvalue weighted by Crippen LogP contribution is 2.36. The lowest BCUT2D eigenvalue weighted by molar-refractivity contribution is 0.278. The minimum atomic E-state index is -3.72. The molecule has 148 valence electrons. The van der Waals surface area contributed by atoms with Gasteiger partial charge < -0.3 is 0 Å². The van der Waals surface area contributed by atoms with Crippen LogP contribution in [0.5, 0.6) is 0 Å². The average Bonchev–Trinajstić information content (AvgIpc) is 2.70. The van der Waals surface area contributed by atoms with Gasteiger partial charge >= 0.3 is 0 Å². The molecule has 1 aliphatic carbocycles. The summed E-state index contributed by atoms with van der Waals surface area (Å²) in [5, 5.41) is 10.0. The quantitative estimate of drug-likeness (QED) is 0.635. The van der Waals surface area contributed by atoms with E-state index in [4.69, 9.17) is 0 Å². The Hall–Kier alpha value is -1.68. The van der Waals surface area contributed by atoms with Gasteiger partial charge in [-0.15, -0.1) is 0 Å². The smallest absolute Gasteiger partial charge is 0.207 e. The summed E-state index contributed by atoms with van der Waals surface area (Å²) in [7, 11) is -3.72. The van der Waals surface area contributed by atoms with Crippen molar-refractivity contribution in [3.8, 4) is 6.07 Å². The van der Waals surface area contributed by atoms with Crippen molar-refractivity contribution in [1.29, 1.82) is 5.26 Å². The second-order valence-electron chi connectivity index (χ2n) is 7.49. The summed E-state index contributed by atoms with van der Waals surface area (Å²) in [6.07, 6.45) is 5.18. The summed E-state index contributed by atoms with van der Waals surface area (Å²) in [5.41, 5.74) is 1.83. The molecule has 4 nitrogen and oxygen atoms in total. The van der Waals surface area contributed by atoms with Gasteiger partial charge in [0.1, 0.15) is 0 Å². The Morgan fingerprint density at radius 2 is 1.71 bits per heavy atom. The molecule has 6 heteroatoms. The third-order valence-electron chi connectivity index (χ3n) is 5.52. The van der Waals surface area contributed by atoms with Crippen LogP contribution in [0.15, 0.2) is 57.9 Å². The lowest BCUT2D eigenvalue weighted by Gasteiger charge is -2.34. The van der Waals surface area contributed by atoms with Gasteiger partial charge in [0.2, 0.25) is 10.0 Å². The number of hydrogen-bond acceptors (Lipinski definition) is 3. The molecule has 2 atom stereocenters. The van der Waals surface area contributed by atoms with Crippen LogP contribution in [0.25, 0.3) is 0 Å². The molecule has 0 unspecified atom stereocenters. The molecule has 1 fully saturated rings. The van der Waals surface area contributed by atoms with E-state index in [2.05, 4.69) is 26.7 Å². The van der Waals surface area contributed by atoms with Crippen molar-refractivity contribution < 1.29 is 8.42 Å². The van der Waals surface area contributed by atoms with Gasteiger partial charge in [0.25, 0.3) is 0 Å². The molecule has 0 amide bonds. The highest BCUT2D eigenvalue weighted by atomic mass is 79.9. The standard InChI is InChI=1S/C22H25BrN2O2S/c1-16-11-13-18(14-12-16)28(26,27)25-22(17-7-3-2-4-8-17)20(15-24)19-9-5-6-10-21(19)23/h5-6,9-14,17,20,22,25H,2-4,7-8H2,1H3/t20-,22+/m1/s1. The maximum atomic E-state index is 13.1.